The molecule has 0 saturated carbocycles. The monoisotopic (exact) mass is 137 g/mol. The number of anilines is 1. The molecule has 4 heteroatoms. The molecule has 0 saturated heterocycles. The molecule has 52 valence electrons. The number of H-pyrrole nitrogens is 1. The predicted molar refractivity (Wildman–Crippen MR) is 36.7 cm³/mol. The average molecular weight is 137 g/mol. The molecule has 1 aromatic heterocycles. The van der Waals surface area contributed by atoms with Crippen LogP contribution in [0.25, 0.3) is 0 Å². The SMILES string of the molecule is Nc1nc2c(c(=O)[nH]1)CC2. The van der Waals surface area contributed by atoms with Crippen LogP contribution in [0.2, 0.25) is 0 Å². The van der Waals surface area contributed by atoms with Gasteiger partial charge in [-0.3, -0.25) is 9.78 Å². The molecule has 0 radical (unpaired) electrons. The summed E-state index contributed by atoms with van der Waals surface area (Å²) in [7, 11) is 0. The van der Waals surface area contributed by atoms with Crippen molar-refractivity contribution in [1.29, 1.82) is 0 Å². The minimum Gasteiger partial charge on any atom is -0.369 e. The first-order chi connectivity index (χ1) is 4.77. The summed E-state index contributed by atoms with van der Waals surface area (Å²) >= 11 is 0. The van der Waals surface area contributed by atoms with E-state index in [1.54, 1.807) is 0 Å². The smallest absolute Gasteiger partial charge is 0.255 e. The molecule has 1 aliphatic rings. The van der Waals surface area contributed by atoms with Crippen molar-refractivity contribution in [3.63, 3.8) is 0 Å². The Hall–Kier alpha value is -1.32. The summed E-state index contributed by atoms with van der Waals surface area (Å²) in [5, 5.41) is 0. The molecular formula is C6H7N3O. The van der Waals surface area contributed by atoms with Gasteiger partial charge in [-0.1, -0.05) is 0 Å². The van der Waals surface area contributed by atoms with Gasteiger partial charge in [0, 0.05) is 5.56 Å². The van der Waals surface area contributed by atoms with Crippen molar-refractivity contribution in [3.05, 3.63) is 21.6 Å². The van der Waals surface area contributed by atoms with Crippen molar-refractivity contribution in [2.24, 2.45) is 0 Å². The van der Waals surface area contributed by atoms with E-state index in [0.717, 1.165) is 24.1 Å². The van der Waals surface area contributed by atoms with E-state index in [1.807, 2.05) is 0 Å². The molecule has 4 nitrogen and oxygen atoms in total. The number of nitrogens with one attached hydrogen (secondary N) is 1. The molecule has 0 aromatic carbocycles. The number of aromatic nitrogens is 2. The second kappa shape index (κ2) is 1.59. The van der Waals surface area contributed by atoms with Crippen molar-refractivity contribution < 1.29 is 0 Å². The number of hydrogen-bond donors (Lipinski definition) is 2. The lowest BCUT2D eigenvalue weighted by Gasteiger charge is -2.14. The van der Waals surface area contributed by atoms with Gasteiger partial charge in [0.1, 0.15) is 0 Å². The molecule has 3 N–H and O–H groups in total. The second-order valence-corrected chi connectivity index (χ2v) is 2.38. The van der Waals surface area contributed by atoms with Crippen molar-refractivity contribution in [1.82, 2.24) is 9.97 Å². The third-order valence-corrected chi connectivity index (χ3v) is 1.73. The highest BCUT2D eigenvalue weighted by molar-refractivity contribution is 5.31. The molecule has 10 heavy (non-hydrogen) atoms. The Balaban J connectivity index is 2.75. The van der Waals surface area contributed by atoms with Crippen LogP contribution in [0.1, 0.15) is 11.3 Å². The largest absolute Gasteiger partial charge is 0.369 e. The van der Waals surface area contributed by atoms with Crippen LogP contribution in [0.15, 0.2) is 4.79 Å². The summed E-state index contributed by atoms with van der Waals surface area (Å²) < 4.78 is 0. The standard InChI is InChI=1S/C6H7N3O/c7-6-8-4-2-1-3(4)5(10)9-6/h1-2H2,(H3,7,8,9,10). The summed E-state index contributed by atoms with van der Waals surface area (Å²) in [6.07, 6.45) is 1.74. The first-order valence-corrected chi connectivity index (χ1v) is 3.15. The van der Waals surface area contributed by atoms with Gasteiger partial charge in [-0.25, -0.2) is 4.98 Å². The van der Waals surface area contributed by atoms with E-state index < -0.39 is 0 Å². The fourth-order valence-electron chi connectivity index (χ4n) is 1.09. The molecule has 2 rings (SSSR count). The van der Waals surface area contributed by atoms with Crippen LogP contribution in [-0.2, 0) is 12.8 Å². The van der Waals surface area contributed by atoms with Gasteiger partial charge in [0.15, 0.2) is 0 Å². The Bertz CT molecular complexity index is 328. The zero-order chi connectivity index (χ0) is 7.14. The van der Waals surface area contributed by atoms with Crippen LogP contribution in [-0.4, -0.2) is 9.97 Å². The molecule has 0 aliphatic heterocycles. The first-order valence-electron chi connectivity index (χ1n) is 3.15. The van der Waals surface area contributed by atoms with Gasteiger partial charge in [-0.2, -0.15) is 0 Å². The predicted octanol–water partition coefficient (Wildman–Crippen LogP) is -0.549. The fraction of sp³-hybridized carbons (Fsp3) is 0.333. The van der Waals surface area contributed by atoms with Crippen LogP contribution in [0.3, 0.4) is 0 Å². The highest BCUT2D eigenvalue weighted by Gasteiger charge is 2.18. The third-order valence-electron chi connectivity index (χ3n) is 1.73. The first kappa shape index (κ1) is 5.46. The summed E-state index contributed by atoms with van der Waals surface area (Å²) in [4.78, 5) is 17.3. The second-order valence-electron chi connectivity index (χ2n) is 2.38. The zero-order valence-electron chi connectivity index (χ0n) is 5.35. The minimum absolute atomic E-state index is 0.0752. The molecule has 0 amide bonds. The van der Waals surface area contributed by atoms with Crippen LogP contribution in [0.5, 0.6) is 0 Å². The van der Waals surface area contributed by atoms with E-state index in [4.69, 9.17) is 5.73 Å². The van der Waals surface area contributed by atoms with Crippen LogP contribution >= 0.6 is 0 Å². The Kier molecular flexibility index (Phi) is 0.869. The minimum atomic E-state index is -0.0752. The molecule has 1 heterocycles. The lowest BCUT2D eigenvalue weighted by molar-refractivity contribution is 0.761. The molecule has 1 aromatic rings. The van der Waals surface area contributed by atoms with Gasteiger partial charge in [0.2, 0.25) is 5.95 Å². The number of nitrogens with two attached hydrogens (primary N) is 1. The van der Waals surface area contributed by atoms with Crippen molar-refractivity contribution in [2.45, 2.75) is 12.8 Å². The quantitative estimate of drug-likeness (QED) is 0.504. The number of fused-ring (bicyclic) bond motifs is 1. The van der Waals surface area contributed by atoms with Gasteiger partial charge in [-0.15, -0.1) is 0 Å². The maximum absolute atomic E-state index is 10.9. The van der Waals surface area contributed by atoms with Crippen LogP contribution in [0, 0.1) is 0 Å². The molecule has 1 aliphatic carbocycles. The molecule has 0 unspecified atom stereocenters. The van der Waals surface area contributed by atoms with Crippen LogP contribution in [0.4, 0.5) is 5.95 Å². The topological polar surface area (TPSA) is 71.8 Å². The number of nitrogens with zero attached hydrogens (tertiary/aromatic N) is 1. The summed E-state index contributed by atoms with van der Waals surface area (Å²) in [5.74, 6) is 0.225. The van der Waals surface area contributed by atoms with Gasteiger partial charge in [0.05, 0.1) is 5.69 Å². The van der Waals surface area contributed by atoms with E-state index in [-0.39, 0.29) is 11.5 Å². The molecule has 0 spiro atoms. The molecule has 0 atom stereocenters. The maximum atomic E-state index is 10.9. The van der Waals surface area contributed by atoms with Crippen LogP contribution < -0.4 is 11.3 Å². The maximum Gasteiger partial charge on any atom is 0.255 e. The molecule has 0 fully saturated rings. The number of nitrogen functional groups attached to an aromatic ring is 1. The number of rotatable bonds is 0. The average Bonchev–Trinajstić information content (AvgIpc) is 1.77. The van der Waals surface area contributed by atoms with Crippen molar-refractivity contribution in [3.8, 4) is 0 Å². The highest BCUT2D eigenvalue weighted by Crippen LogP contribution is 2.15. The summed E-state index contributed by atoms with van der Waals surface area (Å²) in [6, 6.07) is 0. The zero-order valence-corrected chi connectivity index (χ0v) is 5.35. The van der Waals surface area contributed by atoms with E-state index in [2.05, 4.69) is 9.97 Å². The number of aryl methyl sites for hydroxylation is 1. The molecular weight excluding hydrogens is 130 g/mol. The highest BCUT2D eigenvalue weighted by atomic mass is 16.1. The summed E-state index contributed by atoms with van der Waals surface area (Å²) in [5.41, 5.74) is 6.88. The van der Waals surface area contributed by atoms with E-state index >= 15 is 0 Å². The van der Waals surface area contributed by atoms with Gasteiger partial charge < -0.3 is 5.73 Å². The lowest BCUT2D eigenvalue weighted by Crippen LogP contribution is -2.26. The fourth-order valence-corrected chi connectivity index (χ4v) is 1.09. The third kappa shape index (κ3) is 0.556. The normalized spacial score (nSPS) is 14.0. The summed E-state index contributed by atoms with van der Waals surface area (Å²) in [6.45, 7) is 0. The Morgan fingerprint density at radius 3 is 2.80 bits per heavy atom. The van der Waals surface area contributed by atoms with Crippen molar-refractivity contribution in [2.75, 3.05) is 5.73 Å². The van der Waals surface area contributed by atoms with E-state index in [0.29, 0.717) is 0 Å². The van der Waals surface area contributed by atoms with Gasteiger partial charge >= 0.3 is 0 Å². The Morgan fingerprint density at radius 1 is 1.50 bits per heavy atom. The number of aromatic amines is 1. The van der Waals surface area contributed by atoms with Gasteiger partial charge in [0.25, 0.3) is 5.56 Å². The van der Waals surface area contributed by atoms with E-state index in [1.165, 1.54) is 0 Å². The Morgan fingerprint density at radius 2 is 2.30 bits per heavy atom. The lowest BCUT2D eigenvalue weighted by atomic mass is 9.96. The number of hydrogen-bond acceptors (Lipinski definition) is 3. The Labute approximate surface area is 57.1 Å². The molecule has 0 bridgehead atoms. The van der Waals surface area contributed by atoms with Gasteiger partial charge in [-0.05, 0) is 12.8 Å². The van der Waals surface area contributed by atoms with Crippen molar-refractivity contribution >= 4 is 5.95 Å². The van der Waals surface area contributed by atoms with E-state index in [9.17, 15) is 4.79 Å².